The average Bonchev–Trinajstić information content (AvgIpc) is 3.03. The minimum absolute atomic E-state index is 0.131. The normalized spacial score (nSPS) is 17.0. The molecule has 1 atom stereocenters. The second kappa shape index (κ2) is 10.8. The van der Waals surface area contributed by atoms with Gasteiger partial charge in [-0.2, -0.15) is 0 Å². The first-order valence-electron chi connectivity index (χ1n) is 10.5. The Morgan fingerprint density at radius 2 is 1.63 bits per heavy atom. The van der Waals surface area contributed by atoms with Crippen LogP contribution in [0, 0.1) is 0 Å². The van der Waals surface area contributed by atoms with Gasteiger partial charge >= 0.3 is 214 Å². The third kappa shape index (κ3) is 5.10. The average molecular weight is 556 g/mol. The van der Waals surface area contributed by atoms with Crippen LogP contribution in [0.3, 0.4) is 0 Å². The Morgan fingerprint density at radius 1 is 0.943 bits per heavy atom. The number of fused-ring (bicyclic) bond motifs is 1. The maximum atomic E-state index is 13.9. The van der Waals surface area contributed by atoms with E-state index in [4.69, 9.17) is 21.1 Å². The number of benzene rings is 2. The van der Waals surface area contributed by atoms with E-state index in [-0.39, 0.29) is 15.8 Å². The second-order valence-electron chi connectivity index (χ2n) is 7.41. The van der Waals surface area contributed by atoms with Gasteiger partial charge in [0, 0.05) is 0 Å². The zero-order valence-electron chi connectivity index (χ0n) is 18.9. The molecule has 0 aliphatic carbocycles. The quantitative estimate of drug-likeness (QED) is 0.329. The molecule has 35 heavy (non-hydrogen) atoms. The van der Waals surface area contributed by atoms with Crippen molar-refractivity contribution in [2.45, 2.75) is 6.04 Å². The number of rotatable bonds is 6. The molecule has 0 amide bonds. The van der Waals surface area contributed by atoms with Gasteiger partial charge in [-0.3, -0.25) is 0 Å². The SMILES string of the molecule is COC(=O)C1=C(C(=O)OC)C2C=CC=CN2C(C(=O)c2ccccc2)=C(Nc2ccc(Cl)cc2)[Se]1. The Kier molecular flexibility index (Phi) is 7.56. The van der Waals surface area contributed by atoms with Crippen LogP contribution in [0.15, 0.2) is 99.4 Å². The first kappa shape index (κ1) is 24.5. The van der Waals surface area contributed by atoms with E-state index in [1.165, 1.54) is 14.2 Å². The number of Topliss-reactive ketones (excluding diaryl/α,β-unsaturated/α-hetero) is 1. The first-order chi connectivity index (χ1) is 16.9. The van der Waals surface area contributed by atoms with Crippen LogP contribution in [0.1, 0.15) is 10.4 Å². The number of methoxy groups -OCH3 is 2. The van der Waals surface area contributed by atoms with Crippen LogP contribution in [-0.2, 0) is 19.1 Å². The van der Waals surface area contributed by atoms with Crippen molar-refractivity contribution in [3.05, 3.63) is 110 Å². The fourth-order valence-corrected chi connectivity index (χ4v) is 6.20. The molecular weight excluding hydrogens is 535 g/mol. The van der Waals surface area contributed by atoms with Crippen molar-refractivity contribution in [1.82, 2.24) is 4.90 Å². The topological polar surface area (TPSA) is 84.9 Å². The molecule has 0 radical (unpaired) electrons. The Labute approximate surface area is 213 Å². The van der Waals surface area contributed by atoms with Gasteiger partial charge in [-0.05, 0) is 0 Å². The summed E-state index contributed by atoms with van der Waals surface area (Å²) in [6, 6.07) is 15.1. The number of allylic oxidation sites excluding steroid dienone is 3. The summed E-state index contributed by atoms with van der Waals surface area (Å²) in [5, 5.41) is 3.86. The second-order valence-corrected chi connectivity index (χ2v) is 9.99. The third-order valence-corrected chi connectivity index (χ3v) is 7.84. The van der Waals surface area contributed by atoms with E-state index in [1.54, 1.807) is 77.9 Å². The summed E-state index contributed by atoms with van der Waals surface area (Å²) in [4.78, 5) is 41.5. The molecule has 0 aromatic heterocycles. The number of hydrogen-bond donors (Lipinski definition) is 1. The number of halogens is 1. The number of carbonyl (C=O) groups is 3. The predicted molar refractivity (Wildman–Crippen MR) is 134 cm³/mol. The van der Waals surface area contributed by atoms with Gasteiger partial charge in [-0.1, -0.05) is 0 Å². The molecule has 9 heteroatoms. The van der Waals surface area contributed by atoms with Gasteiger partial charge in [0.1, 0.15) is 0 Å². The van der Waals surface area contributed by atoms with E-state index >= 15 is 0 Å². The predicted octanol–water partition coefficient (Wildman–Crippen LogP) is 3.88. The van der Waals surface area contributed by atoms with Crippen LogP contribution in [0.25, 0.3) is 0 Å². The van der Waals surface area contributed by atoms with Gasteiger partial charge in [0.25, 0.3) is 0 Å². The Hall–Kier alpha value is -3.58. The fraction of sp³-hybridized carbons (Fsp3) is 0.115. The molecule has 4 rings (SSSR count). The van der Waals surface area contributed by atoms with Crippen LogP contribution in [-0.4, -0.2) is 57.8 Å². The number of anilines is 1. The minimum atomic E-state index is -0.824. The molecule has 2 aliphatic rings. The summed E-state index contributed by atoms with van der Waals surface area (Å²) in [7, 11) is 2.51. The van der Waals surface area contributed by atoms with E-state index in [2.05, 4.69) is 5.32 Å². The van der Waals surface area contributed by atoms with Crippen LogP contribution >= 0.6 is 11.6 Å². The van der Waals surface area contributed by atoms with Gasteiger partial charge < -0.3 is 0 Å². The van der Waals surface area contributed by atoms with Gasteiger partial charge in [-0.25, -0.2) is 0 Å². The van der Waals surface area contributed by atoms with E-state index < -0.39 is 32.9 Å². The van der Waals surface area contributed by atoms with Crippen LogP contribution in [0.5, 0.6) is 0 Å². The molecule has 0 bridgehead atoms. The van der Waals surface area contributed by atoms with Gasteiger partial charge in [0.15, 0.2) is 0 Å². The number of carbonyl (C=O) groups excluding carboxylic acids is 3. The van der Waals surface area contributed by atoms with Crippen molar-refractivity contribution in [2.24, 2.45) is 0 Å². The molecule has 0 fully saturated rings. The Balaban J connectivity index is 1.96. The molecule has 1 N–H and O–H groups in total. The molecule has 7 nitrogen and oxygen atoms in total. The fourth-order valence-electron chi connectivity index (χ4n) is 3.67. The monoisotopic (exact) mass is 556 g/mol. The van der Waals surface area contributed by atoms with Gasteiger partial charge in [0.05, 0.1) is 0 Å². The summed E-state index contributed by atoms with van der Waals surface area (Å²) in [5.74, 6) is -1.58. The number of nitrogens with zero attached hydrogens (tertiary/aromatic N) is 1. The summed E-state index contributed by atoms with van der Waals surface area (Å²) < 4.78 is 10.7. The summed E-state index contributed by atoms with van der Waals surface area (Å²) >= 11 is 5.22. The van der Waals surface area contributed by atoms with Crippen molar-refractivity contribution in [3.63, 3.8) is 0 Å². The van der Waals surface area contributed by atoms with E-state index in [9.17, 15) is 14.4 Å². The van der Waals surface area contributed by atoms with Gasteiger partial charge in [0.2, 0.25) is 0 Å². The van der Waals surface area contributed by atoms with Crippen molar-refractivity contribution in [3.8, 4) is 0 Å². The van der Waals surface area contributed by atoms with E-state index in [1.807, 2.05) is 6.07 Å². The van der Waals surface area contributed by atoms with Crippen LogP contribution in [0.4, 0.5) is 5.69 Å². The third-order valence-electron chi connectivity index (χ3n) is 5.30. The van der Waals surface area contributed by atoms with Crippen molar-refractivity contribution >= 4 is 50.0 Å². The molecule has 0 saturated heterocycles. The zero-order valence-corrected chi connectivity index (χ0v) is 21.3. The van der Waals surface area contributed by atoms with E-state index in [0.717, 1.165) is 0 Å². The summed E-state index contributed by atoms with van der Waals surface area (Å²) in [6.45, 7) is 0. The maximum absolute atomic E-state index is 13.9. The molecule has 2 aromatic rings. The van der Waals surface area contributed by atoms with Crippen molar-refractivity contribution in [1.29, 1.82) is 0 Å². The summed E-state index contributed by atoms with van der Waals surface area (Å²) in [5.41, 5.74) is 1.59. The summed E-state index contributed by atoms with van der Waals surface area (Å²) in [6.07, 6.45) is 6.98. The molecule has 0 spiro atoms. The molecule has 2 aliphatic heterocycles. The van der Waals surface area contributed by atoms with Crippen molar-refractivity contribution < 1.29 is 23.9 Å². The van der Waals surface area contributed by atoms with Crippen LogP contribution in [0.2, 0.25) is 5.02 Å². The number of esters is 2. The standard InChI is InChI=1S/C26H21ClN2O5Se/c1-33-25(31)20-19-10-6-7-15-29(19)21(22(30)16-8-4-3-5-9-16)24(35-23(20)26(32)34-2)28-18-13-11-17(27)12-14-18/h3-15,19,28H,1-2H3. The zero-order chi connectivity index (χ0) is 24.9. The Morgan fingerprint density at radius 3 is 2.29 bits per heavy atom. The number of ketones is 1. The Bertz CT molecular complexity index is 1280. The first-order valence-corrected chi connectivity index (χ1v) is 12.6. The molecule has 1 unspecified atom stereocenters. The molecular formula is C26H21ClN2O5Se. The number of hydrogen-bond acceptors (Lipinski definition) is 7. The van der Waals surface area contributed by atoms with E-state index in [0.29, 0.717) is 26.6 Å². The molecule has 178 valence electrons. The molecule has 2 aromatic carbocycles. The van der Waals surface area contributed by atoms with Crippen molar-refractivity contribution in [2.75, 3.05) is 19.5 Å². The van der Waals surface area contributed by atoms with Gasteiger partial charge in [-0.15, -0.1) is 0 Å². The van der Waals surface area contributed by atoms with Crippen LogP contribution < -0.4 is 5.32 Å². The molecule has 0 saturated carbocycles. The number of nitrogens with one attached hydrogen (secondary N) is 1. The molecule has 2 heterocycles. The number of ether oxygens (including phenoxy) is 2.